The van der Waals surface area contributed by atoms with Gasteiger partial charge >= 0.3 is 5.97 Å². The van der Waals surface area contributed by atoms with Crippen LogP contribution in [0.5, 0.6) is 11.5 Å². The number of aromatic carboxylic acids is 1. The van der Waals surface area contributed by atoms with Crippen LogP contribution in [0.25, 0.3) is 0 Å². The molecule has 6 nitrogen and oxygen atoms in total. The molecule has 9 heteroatoms. The van der Waals surface area contributed by atoms with Crippen molar-refractivity contribution in [3.8, 4) is 11.5 Å². The molecule has 0 aromatic heterocycles. The Balaban J connectivity index is 1.44. The van der Waals surface area contributed by atoms with Gasteiger partial charge in [-0.2, -0.15) is 0 Å². The average Bonchev–Trinajstić information content (AvgIpc) is 2.93. The van der Waals surface area contributed by atoms with E-state index in [2.05, 4.69) is 0 Å². The number of ketones is 1. The number of carbonyl (C=O) groups excluding carboxylic acids is 3. The van der Waals surface area contributed by atoms with Gasteiger partial charge < -0.3 is 19.4 Å². The quantitative estimate of drug-likeness (QED) is 0.234. The Kier molecular flexibility index (Phi) is 6.65. The highest BCUT2D eigenvalue weighted by atomic mass is 32.2. The van der Waals surface area contributed by atoms with E-state index in [1.54, 1.807) is 0 Å². The van der Waals surface area contributed by atoms with Crippen molar-refractivity contribution < 1.29 is 37.7 Å². The van der Waals surface area contributed by atoms with Crippen LogP contribution in [0.1, 0.15) is 42.5 Å². The number of carboxylic acid groups (broad SMARTS) is 1. The Bertz CT molecular complexity index is 1440. The first kappa shape index (κ1) is 26.5. The average molecular weight is 565 g/mol. The van der Waals surface area contributed by atoms with Crippen molar-refractivity contribution >= 4 is 28.6 Å². The Morgan fingerprint density at radius 3 is 1.93 bits per heavy atom. The van der Waals surface area contributed by atoms with Gasteiger partial charge in [0.2, 0.25) is 0 Å². The highest BCUT2D eigenvalue weighted by molar-refractivity contribution is 7.97. The van der Waals surface area contributed by atoms with Crippen molar-refractivity contribution in [1.29, 1.82) is 0 Å². The van der Waals surface area contributed by atoms with Gasteiger partial charge in [-0.1, -0.05) is 0 Å². The lowest BCUT2D eigenvalue weighted by Gasteiger charge is -2.53. The molecule has 0 spiro atoms. The Labute approximate surface area is 232 Å². The largest absolute Gasteiger partial charge is 0.545 e. The minimum Gasteiger partial charge on any atom is -0.545 e. The zero-order valence-electron chi connectivity index (χ0n) is 21.7. The van der Waals surface area contributed by atoms with Gasteiger partial charge in [-0.05, 0) is 92.6 Å². The van der Waals surface area contributed by atoms with E-state index in [0.717, 1.165) is 12.8 Å². The van der Waals surface area contributed by atoms with Crippen LogP contribution in [0.3, 0.4) is 0 Å². The van der Waals surface area contributed by atoms with Crippen LogP contribution >= 0.6 is 0 Å². The van der Waals surface area contributed by atoms with Crippen molar-refractivity contribution in [3.63, 3.8) is 0 Å². The Morgan fingerprint density at radius 2 is 1.43 bits per heavy atom. The molecule has 3 aromatic carbocycles. The summed E-state index contributed by atoms with van der Waals surface area (Å²) < 4.78 is 39.0. The molecule has 2 unspecified atom stereocenters. The topological polar surface area (TPSA) is 92.7 Å². The van der Waals surface area contributed by atoms with Crippen LogP contribution in [0.15, 0.2) is 75.4 Å². The molecule has 0 amide bonds. The summed E-state index contributed by atoms with van der Waals surface area (Å²) in [6.45, 7) is 0. The molecule has 206 valence electrons. The number of carboxylic acids is 1. The van der Waals surface area contributed by atoms with Crippen LogP contribution < -0.4 is 14.6 Å². The first-order chi connectivity index (χ1) is 19.2. The van der Waals surface area contributed by atoms with Crippen molar-refractivity contribution in [2.24, 2.45) is 23.2 Å². The van der Waals surface area contributed by atoms with E-state index in [0.29, 0.717) is 35.0 Å². The monoisotopic (exact) mass is 564 g/mol. The lowest BCUT2D eigenvalue weighted by Crippen LogP contribution is -2.55. The van der Waals surface area contributed by atoms with Gasteiger partial charge in [-0.15, -0.1) is 0 Å². The van der Waals surface area contributed by atoms with E-state index >= 15 is 0 Å². The molecule has 40 heavy (non-hydrogen) atoms. The fourth-order valence-electron chi connectivity index (χ4n) is 6.85. The molecule has 0 aliphatic heterocycles. The van der Waals surface area contributed by atoms with E-state index in [1.807, 2.05) is 0 Å². The van der Waals surface area contributed by atoms with Crippen LogP contribution in [0.4, 0.5) is 8.78 Å². The zero-order chi connectivity index (χ0) is 28.2. The molecule has 2 atom stereocenters. The van der Waals surface area contributed by atoms with Gasteiger partial charge in [0.05, 0.1) is 24.1 Å². The minimum absolute atomic E-state index is 0.0382. The predicted octanol–water partition coefficient (Wildman–Crippen LogP) is 4.73. The Morgan fingerprint density at radius 1 is 0.875 bits per heavy atom. The lowest BCUT2D eigenvalue weighted by atomic mass is 9.49. The third kappa shape index (κ3) is 4.56. The molecular weight excluding hydrogens is 538 g/mol. The van der Waals surface area contributed by atoms with E-state index in [1.165, 1.54) is 67.8 Å². The van der Waals surface area contributed by atoms with Crippen LogP contribution in [0, 0.1) is 34.8 Å². The lowest BCUT2D eigenvalue weighted by molar-refractivity contribution is -0.255. The standard InChI is InChI=1S/C31H26F2O6S/c1-38-25-12-24(29(35)36)27(40(22-6-2-20(32)3-7-22)23-8-4-21(33)5-9-23)13-26(25)39-30(37)31-14-17-10-18(15-31)28(34)19(11-17)16-31/h2-9,12-13,17-19H,10-11,14-16H2,1H3. The smallest absolute Gasteiger partial charge is 0.317 e. The van der Waals surface area contributed by atoms with Gasteiger partial charge in [-0.3, -0.25) is 9.59 Å². The van der Waals surface area contributed by atoms with E-state index < -0.39 is 39.9 Å². The Hall–Kier alpha value is -3.72. The number of rotatable bonds is 7. The molecule has 4 aliphatic carbocycles. The molecular formula is C31H26F2O6S. The number of halogens is 2. The number of benzene rings is 3. The number of Topliss-reactive ketones (excluding diaryl/α,β-unsaturated/α-hetero) is 1. The molecule has 0 N–H and O–H groups in total. The number of carbonyl (C=O) groups is 3. The van der Waals surface area contributed by atoms with Gasteiger partial charge in [-0.25, -0.2) is 8.78 Å². The second-order valence-electron chi connectivity index (χ2n) is 10.9. The SMILES string of the molecule is COc1cc(C(=O)[O-])c([S+](c2ccc(F)cc2)c2ccc(F)cc2)cc1OC(=O)C12CC3CC(C1)C(=O)C(C3)C2. The summed E-state index contributed by atoms with van der Waals surface area (Å²) in [5, 5.41) is 12.3. The first-order valence-electron chi connectivity index (χ1n) is 13.1. The summed E-state index contributed by atoms with van der Waals surface area (Å²) in [6, 6.07) is 13.9. The normalized spacial score (nSPS) is 24.8. The molecule has 4 saturated carbocycles. The first-order valence-corrected chi connectivity index (χ1v) is 14.3. The van der Waals surface area contributed by atoms with Crippen molar-refractivity contribution in [2.45, 2.75) is 46.8 Å². The fourth-order valence-corrected chi connectivity index (χ4v) is 9.03. The second-order valence-corrected chi connectivity index (χ2v) is 12.9. The summed E-state index contributed by atoms with van der Waals surface area (Å²) in [4.78, 5) is 40.1. The van der Waals surface area contributed by atoms with Crippen LogP contribution in [0.2, 0.25) is 0 Å². The maximum atomic E-state index is 13.8. The van der Waals surface area contributed by atoms with Crippen molar-refractivity contribution in [3.05, 3.63) is 77.9 Å². The number of methoxy groups -OCH3 is 1. The number of esters is 1. The van der Waals surface area contributed by atoms with E-state index in [4.69, 9.17) is 9.47 Å². The summed E-state index contributed by atoms with van der Waals surface area (Å²) >= 11 is 0. The summed E-state index contributed by atoms with van der Waals surface area (Å²) in [7, 11) is 0.183. The van der Waals surface area contributed by atoms with E-state index in [-0.39, 0.29) is 39.6 Å². The van der Waals surface area contributed by atoms with Gasteiger partial charge in [0.15, 0.2) is 26.2 Å². The maximum Gasteiger partial charge on any atom is 0.317 e. The molecule has 3 aromatic rings. The number of ether oxygens (including phenoxy) is 2. The molecule has 4 aliphatic rings. The third-order valence-corrected chi connectivity index (χ3v) is 10.7. The molecule has 0 heterocycles. The molecule has 4 fully saturated rings. The summed E-state index contributed by atoms with van der Waals surface area (Å²) in [5.41, 5.74) is -0.966. The van der Waals surface area contributed by atoms with Crippen LogP contribution in [-0.4, -0.2) is 24.8 Å². The third-order valence-electron chi connectivity index (χ3n) is 8.43. The zero-order valence-corrected chi connectivity index (χ0v) is 22.5. The number of hydrogen-bond acceptors (Lipinski definition) is 6. The van der Waals surface area contributed by atoms with Gasteiger partial charge in [0.1, 0.15) is 28.3 Å². The van der Waals surface area contributed by atoms with Crippen molar-refractivity contribution in [1.82, 2.24) is 0 Å². The maximum absolute atomic E-state index is 13.8. The van der Waals surface area contributed by atoms with E-state index in [9.17, 15) is 28.3 Å². The summed E-state index contributed by atoms with van der Waals surface area (Å²) in [5.74, 6) is -2.48. The van der Waals surface area contributed by atoms with Gasteiger partial charge in [0.25, 0.3) is 0 Å². The molecule has 4 bridgehead atoms. The second kappa shape index (κ2) is 10.0. The molecule has 0 saturated heterocycles. The highest BCUT2D eigenvalue weighted by Crippen LogP contribution is 2.59. The number of hydrogen-bond donors (Lipinski definition) is 0. The highest BCUT2D eigenvalue weighted by Gasteiger charge is 2.59. The fraction of sp³-hybridized carbons (Fsp3) is 0.323. The minimum atomic E-state index is -1.48. The predicted molar refractivity (Wildman–Crippen MR) is 139 cm³/mol. The van der Waals surface area contributed by atoms with Crippen LogP contribution in [-0.2, 0) is 20.5 Å². The van der Waals surface area contributed by atoms with Gasteiger partial charge in [0, 0.05) is 17.9 Å². The molecule has 7 rings (SSSR count). The summed E-state index contributed by atoms with van der Waals surface area (Å²) in [6.07, 6.45) is 3.21. The molecule has 0 radical (unpaired) electrons. The van der Waals surface area contributed by atoms with Crippen molar-refractivity contribution in [2.75, 3.05) is 7.11 Å².